The standard InChI is InChI=1S/C15H9BrN2O4/c16-10-3-1-2-8(6-10)14-17-13(18-22-14)11-7-9(15(20)21)4-5-12(11)19/h1-7,19H,(H,20,21). The molecule has 0 atom stereocenters. The second-order valence-electron chi connectivity index (χ2n) is 4.47. The van der Waals surface area contributed by atoms with Crippen molar-refractivity contribution in [3.8, 4) is 28.6 Å². The maximum atomic E-state index is 11.0. The number of halogens is 1. The lowest BCUT2D eigenvalue weighted by atomic mass is 10.1. The molecule has 3 aromatic rings. The Morgan fingerprint density at radius 3 is 2.73 bits per heavy atom. The zero-order chi connectivity index (χ0) is 15.7. The molecule has 1 heterocycles. The first-order chi connectivity index (χ1) is 10.5. The van der Waals surface area contributed by atoms with Gasteiger partial charge in [-0.2, -0.15) is 4.98 Å². The number of phenolic OH excluding ortho intramolecular Hbond substituents is 1. The highest BCUT2D eigenvalue weighted by Gasteiger charge is 2.16. The van der Waals surface area contributed by atoms with Crippen LogP contribution in [0.3, 0.4) is 0 Å². The van der Waals surface area contributed by atoms with E-state index < -0.39 is 5.97 Å². The van der Waals surface area contributed by atoms with Gasteiger partial charge in [-0.15, -0.1) is 0 Å². The van der Waals surface area contributed by atoms with Crippen molar-refractivity contribution in [1.82, 2.24) is 10.1 Å². The Kier molecular flexibility index (Phi) is 3.64. The molecule has 1 aromatic heterocycles. The Balaban J connectivity index is 2.04. The highest BCUT2D eigenvalue weighted by atomic mass is 79.9. The number of hydrogen-bond donors (Lipinski definition) is 2. The average molecular weight is 361 g/mol. The topological polar surface area (TPSA) is 96.5 Å². The van der Waals surface area contributed by atoms with Crippen LogP contribution in [0.15, 0.2) is 51.5 Å². The van der Waals surface area contributed by atoms with E-state index in [1.54, 1.807) is 6.07 Å². The molecule has 0 aliphatic rings. The van der Waals surface area contributed by atoms with Crippen molar-refractivity contribution in [2.75, 3.05) is 0 Å². The molecular weight excluding hydrogens is 352 g/mol. The molecule has 3 rings (SSSR count). The SMILES string of the molecule is O=C(O)c1ccc(O)c(-c2noc(-c3cccc(Br)c3)n2)c1. The second-order valence-corrected chi connectivity index (χ2v) is 5.39. The van der Waals surface area contributed by atoms with E-state index in [-0.39, 0.29) is 28.6 Å². The number of aromatic nitrogens is 2. The highest BCUT2D eigenvalue weighted by Crippen LogP contribution is 2.30. The summed E-state index contributed by atoms with van der Waals surface area (Å²) in [5.74, 6) is -0.824. The summed E-state index contributed by atoms with van der Waals surface area (Å²) in [4.78, 5) is 15.2. The van der Waals surface area contributed by atoms with Crippen LogP contribution < -0.4 is 0 Å². The van der Waals surface area contributed by atoms with E-state index in [4.69, 9.17) is 9.63 Å². The molecule has 7 heteroatoms. The van der Waals surface area contributed by atoms with Gasteiger partial charge >= 0.3 is 5.97 Å². The molecule has 110 valence electrons. The van der Waals surface area contributed by atoms with Crippen molar-refractivity contribution in [3.63, 3.8) is 0 Å². The summed E-state index contributed by atoms with van der Waals surface area (Å²) in [6.07, 6.45) is 0. The van der Waals surface area contributed by atoms with E-state index in [2.05, 4.69) is 26.1 Å². The lowest BCUT2D eigenvalue weighted by molar-refractivity contribution is 0.0697. The Morgan fingerprint density at radius 1 is 1.18 bits per heavy atom. The summed E-state index contributed by atoms with van der Waals surface area (Å²) < 4.78 is 6.04. The monoisotopic (exact) mass is 360 g/mol. The predicted molar refractivity (Wildman–Crippen MR) is 81.5 cm³/mol. The highest BCUT2D eigenvalue weighted by molar-refractivity contribution is 9.10. The minimum absolute atomic E-state index is 0.0293. The van der Waals surface area contributed by atoms with Gasteiger partial charge in [-0.3, -0.25) is 0 Å². The quantitative estimate of drug-likeness (QED) is 0.740. The summed E-state index contributed by atoms with van der Waals surface area (Å²) in [6.45, 7) is 0. The molecule has 0 unspecified atom stereocenters. The van der Waals surface area contributed by atoms with Gasteiger partial charge in [-0.1, -0.05) is 27.2 Å². The Bertz CT molecular complexity index is 860. The van der Waals surface area contributed by atoms with Gasteiger partial charge < -0.3 is 14.7 Å². The second kappa shape index (κ2) is 5.61. The van der Waals surface area contributed by atoms with Crippen molar-refractivity contribution in [2.24, 2.45) is 0 Å². The lowest BCUT2D eigenvalue weighted by Gasteiger charge is -2.01. The van der Waals surface area contributed by atoms with Gasteiger partial charge in [0.25, 0.3) is 5.89 Å². The normalized spacial score (nSPS) is 10.6. The number of rotatable bonds is 3. The van der Waals surface area contributed by atoms with Crippen molar-refractivity contribution in [3.05, 3.63) is 52.5 Å². The molecular formula is C15H9BrN2O4. The number of carbonyl (C=O) groups is 1. The molecule has 0 aliphatic carbocycles. The number of carboxylic acids is 1. The van der Waals surface area contributed by atoms with Crippen LogP contribution in [-0.2, 0) is 0 Å². The molecule has 6 nitrogen and oxygen atoms in total. The zero-order valence-corrected chi connectivity index (χ0v) is 12.6. The first kappa shape index (κ1) is 14.3. The van der Waals surface area contributed by atoms with Crippen LogP contribution in [-0.4, -0.2) is 26.3 Å². The first-order valence-electron chi connectivity index (χ1n) is 6.21. The van der Waals surface area contributed by atoms with E-state index in [1.807, 2.05) is 18.2 Å². The molecule has 22 heavy (non-hydrogen) atoms. The van der Waals surface area contributed by atoms with Crippen LogP contribution >= 0.6 is 15.9 Å². The molecule has 0 saturated heterocycles. The third-order valence-corrected chi connectivity index (χ3v) is 3.48. The largest absolute Gasteiger partial charge is 0.507 e. The van der Waals surface area contributed by atoms with Gasteiger partial charge in [-0.25, -0.2) is 4.79 Å². The van der Waals surface area contributed by atoms with E-state index in [0.29, 0.717) is 5.56 Å². The summed E-state index contributed by atoms with van der Waals surface area (Å²) in [7, 11) is 0. The lowest BCUT2D eigenvalue weighted by Crippen LogP contribution is -1.96. The molecule has 2 aromatic carbocycles. The molecule has 0 spiro atoms. The number of hydrogen-bond acceptors (Lipinski definition) is 5. The smallest absolute Gasteiger partial charge is 0.335 e. The minimum atomic E-state index is -1.10. The van der Waals surface area contributed by atoms with Crippen LogP contribution in [0.2, 0.25) is 0 Å². The zero-order valence-electron chi connectivity index (χ0n) is 11.0. The van der Waals surface area contributed by atoms with Crippen molar-refractivity contribution in [1.29, 1.82) is 0 Å². The van der Waals surface area contributed by atoms with Crippen LogP contribution in [0.25, 0.3) is 22.8 Å². The number of aromatic carboxylic acids is 1. The van der Waals surface area contributed by atoms with Crippen molar-refractivity contribution < 1.29 is 19.5 Å². The maximum Gasteiger partial charge on any atom is 0.335 e. The molecule has 2 N–H and O–H groups in total. The summed E-state index contributed by atoms with van der Waals surface area (Å²) in [5, 5.41) is 22.7. The molecule has 0 radical (unpaired) electrons. The minimum Gasteiger partial charge on any atom is -0.507 e. The molecule has 0 saturated carbocycles. The fraction of sp³-hybridized carbons (Fsp3) is 0. The predicted octanol–water partition coefficient (Wildman–Crippen LogP) is 3.57. The summed E-state index contributed by atoms with van der Waals surface area (Å²) >= 11 is 3.35. The third kappa shape index (κ3) is 2.71. The summed E-state index contributed by atoms with van der Waals surface area (Å²) in [6, 6.07) is 11.2. The van der Waals surface area contributed by atoms with Gasteiger partial charge in [0, 0.05) is 10.0 Å². The van der Waals surface area contributed by atoms with Crippen LogP contribution in [0.5, 0.6) is 5.75 Å². The molecule has 0 aliphatic heterocycles. The van der Waals surface area contributed by atoms with Crippen molar-refractivity contribution >= 4 is 21.9 Å². The Morgan fingerprint density at radius 2 is 2.00 bits per heavy atom. The molecule has 0 amide bonds. The van der Waals surface area contributed by atoms with E-state index in [9.17, 15) is 9.90 Å². The van der Waals surface area contributed by atoms with E-state index in [1.165, 1.54) is 18.2 Å². The average Bonchev–Trinajstić information content (AvgIpc) is 2.97. The third-order valence-electron chi connectivity index (χ3n) is 2.98. The van der Waals surface area contributed by atoms with E-state index >= 15 is 0 Å². The number of nitrogens with zero attached hydrogens (tertiary/aromatic N) is 2. The number of phenols is 1. The van der Waals surface area contributed by atoms with Gasteiger partial charge in [0.1, 0.15) is 5.75 Å². The maximum absolute atomic E-state index is 11.0. The van der Waals surface area contributed by atoms with Gasteiger partial charge in [0.05, 0.1) is 11.1 Å². The number of carboxylic acid groups (broad SMARTS) is 1. The van der Waals surface area contributed by atoms with Gasteiger partial charge in [-0.05, 0) is 36.4 Å². The van der Waals surface area contributed by atoms with Crippen LogP contribution in [0.1, 0.15) is 10.4 Å². The fourth-order valence-corrected chi connectivity index (χ4v) is 2.32. The molecule has 0 fully saturated rings. The molecule has 0 bridgehead atoms. The van der Waals surface area contributed by atoms with Crippen molar-refractivity contribution in [2.45, 2.75) is 0 Å². The first-order valence-corrected chi connectivity index (χ1v) is 7.00. The van der Waals surface area contributed by atoms with Crippen LogP contribution in [0.4, 0.5) is 0 Å². The van der Waals surface area contributed by atoms with Gasteiger partial charge in [0.15, 0.2) is 0 Å². The Hall–Kier alpha value is -2.67. The fourth-order valence-electron chi connectivity index (χ4n) is 1.92. The van der Waals surface area contributed by atoms with E-state index in [0.717, 1.165) is 4.47 Å². The Labute approximate surface area is 133 Å². The number of aromatic hydroxyl groups is 1. The number of benzene rings is 2. The summed E-state index contributed by atoms with van der Waals surface area (Å²) in [5.41, 5.74) is 0.938. The van der Waals surface area contributed by atoms with Crippen LogP contribution in [0, 0.1) is 0 Å². The van der Waals surface area contributed by atoms with Gasteiger partial charge in [0.2, 0.25) is 5.82 Å².